The van der Waals surface area contributed by atoms with Crippen LogP contribution in [-0.2, 0) is 14.9 Å². The van der Waals surface area contributed by atoms with Gasteiger partial charge in [0.2, 0.25) is 0 Å². The number of phenolic OH excluding ortho intramolecular Hbond substituents is 2. The number of rotatable bonds is 2. The number of hydrogen-bond donors (Lipinski definition) is 2. The van der Waals surface area contributed by atoms with E-state index in [1.54, 1.807) is 24.3 Å². The predicted molar refractivity (Wildman–Crippen MR) is 123 cm³/mol. The Morgan fingerprint density at radius 1 is 0.767 bits per heavy atom. The average molecular weight is 693 g/mol. The number of halogens is 4. The summed E-state index contributed by atoms with van der Waals surface area (Å²) in [5.74, 6) is 0.108. The molecule has 2 N–H and O–H groups in total. The van der Waals surface area contributed by atoms with Crippen molar-refractivity contribution in [1.82, 2.24) is 0 Å². The summed E-state index contributed by atoms with van der Waals surface area (Å²) in [6, 6.07) is 12.8. The zero-order valence-electron chi connectivity index (χ0n) is 15.2. The van der Waals surface area contributed by atoms with Crippen molar-refractivity contribution in [1.29, 1.82) is 0 Å². The van der Waals surface area contributed by atoms with Gasteiger partial charge in [0.05, 0.1) is 17.9 Å². The van der Waals surface area contributed by atoms with E-state index in [9.17, 15) is 18.6 Å². The third-order valence-electron chi connectivity index (χ3n) is 4.69. The molecule has 0 aliphatic carbocycles. The number of benzene rings is 3. The van der Waals surface area contributed by atoms with Gasteiger partial charge in [-0.25, -0.2) is 0 Å². The van der Waals surface area contributed by atoms with Crippen LogP contribution in [0.1, 0.15) is 16.7 Å². The van der Waals surface area contributed by atoms with Gasteiger partial charge in [-0.15, -0.1) is 0 Å². The van der Waals surface area contributed by atoms with Crippen molar-refractivity contribution in [3.63, 3.8) is 0 Å². The van der Waals surface area contributed by atoms with E-state index in [4.69, 9.17) is 4.18 Å². The molecule has 0 bridgehead atoms. The number of hydrogen-bond acceptors (Lipinski definition) is 5. The smallest absolute Gasteiger partial charge is 0.506 e. The Hall–Kier alpha value is -0.0700. The number of aromatic hydroxyl groups is 2. The molecule has 150 valence electrons. The van der Waals surface area contributed by atoms with Crippen molar-refractivity contribution in [2.75, 3.05) is 0 Å². The molecule has 0 unspecified atom stereocenters. The van der Waals surface area contributed by atoms with E-state index in [0.29, 0.717) is 34.6 Å². The first-order valence-corrected chi connectivity index (χ1v) is 12.6. The van der Waals surface area contributed by atoms with Gasteiger partial charge in [0, 0.05) is 5.56 Å². The molecule has 0 saturated heterocycles. The molecule has 0 spiro atoms. The first-order chi connectivity index (χ1) is 13.6. The monoisotopic (exact) mass is 689 g/mol. The molecule has 1 aliphatic rings. The summed E-state index contributed by atoms with van der Waals surface area (Å²) >= 11 is 13.1. The SMILES string of the molecule is O=S1(=O)Oc2ccccc2C1(c1cc(Br)c(O)c(Br)c1)c1cc(Br)c(O)c(Br)c1.[Na+]. The second-order valence-corrected chi connectivity index (χ2v) is 11.4. The molecule has 11 heteroatoms. The maximum absolute atomic E-state index is 13.5. The molecule has 1 aliphatic heterocycles. The van der Waals surface area contributed by atoms with Crippen molar-refractivity contribution >= 4 is 73.8 Å². The molecule has 3 aromatic rings. The summed E-state index contributed by atoms with van der Waals surface area (Å²) in [4.78, 5) is 0. The van der Waals surface area contributed by atoms with Gasteiger partial charge in [-0.3, -0.25) is 0 Å². The molecule has 0 atom stereocenters. The summed E-state index contributed by atoms with van der Waals surface area (Å²) in [5.41, 5.74) is 1.13. The normalized spacial score (nSPS) is 15.7. The molecule has 0 aromatic heterocycles. The molecular formula is C19H10Br4NaO5S+. The summed E-state index contributed by atoms with van der Waals surface area (Å²) in [6.07, 6.45) is 0. The Morgan fingerprint density at radius 2 is 1.17 bits per heavy atom. The average Bonchev–Trinajstić information content (AvgIpc) is 2.90. The van der Waals surface area contributed by atoms with Crippen LogP contribution in [0.3, 0.4) is 0 Å². The molecular weight excluding hydrogens is 683 g/mol. The van der Waals surface area contributed by atoms with Gasteiger partial charge in [-0.05, 0) is 105 Å². The number of fused-ring (bicyclic) bond motifs is 1. The second-order valence-electron chi connectivity index (χ2n) is 6.29. The quantitative estimate of drug-likeness (QED) is 0.319. The van der Waals surface area contributed by atoms with Crippen LogP contribution < -0.4 is 33.7 Å². The van der Waals surface area contributed by atoms with Crippen LogP contribution in [0.15, 0.2) is 66.4 Å². The zero-order valence-corrected chi connectivity index (χ0v) is 24.3. The zero-order chi connectivity index (χ0) is 21.1. The Balaban J connectivity index is 0.00000256. The molecule has 30 heavy (non-hydrogen) atoms. The molecule has 0 saturated carbocycles. The van der Waals surface area contributed by atoms with Gasteiger partial charge in [-0.2, -0.15) is 8.42 Å². The van der Waals surface area contributed by atoms with Gasteiger partial charge < -0.3 is 14.4 Å². The van der Waals surface area contributed by atoms with Crippen LogP contribution in [-0.4, -0.2) is 18.6 Å². The van der Waals surface area contributed by atoms with E-state index in [1.807, 2.05) is 0 Å². The molecule has 3 aromatic carbocycles. The molecule has 4 rings (SSSR count). The maximum Gasteiger partial charge on any atom is 1.00 e. The number of para-hydroxylation sites is 1. The summed E-state index contributed by atoms with van der Waals surface area (Å²) in [5, 5.41) is 20.3. The van der Waals surface area contributed by atoms with Gasteiger partial charge in [0.15, 0.2) is 4.75 Å². The molecule has 5 nitrogen and oxygen atoms in total. The number of phenols is 2. The van der Waals surface area contributed by atoms with Crippen molar-refractivity contribution in [2.45, 2.75) is 4.75 Å². The van der Waals surface area contributed by atoms with E-state index >= 15 is 0 Å². The molecule has 0 amide bonds. The minimum absolute atomic E-state index is 0. The van der Waals surface area contributed by atoms with Gasteiger partial charge >= 0.3 is 39.7 Å². The fourth-order valence-corrected chi connectivity index (χ4v) is 7.58. The minimum Gasteiger partial charge on any atom is -0.506 e. The predicted octanol–water partition coefficient (Wildman–Crippen LogP) is 3.17. The summed E-state index contributed by atoms with van der Waals surface area (Å²) < 4.78 is 32.1. The Labute approximate surface area is 228 Å². The second kappa shape index (κ2) is 8.70. The van der Waals surface area contributed by atoms with E-state index in [1.165, 1.54) is 24.3 Å². The van der Waals surface area contributed by atoms with E-state index in [0.717, 1.165) is 0 Å². The van der Waals surface area contributed by atoms with Crippen LogP contribution in [0.4, 0.5) is 0 Å². The molecule has 0 radical (unpaired) electrons. The minimum atomic E-state index is -4.25. The van der Waals surface area contributed by atoms with E-state index in [2.05, 4.69) is 63.7 Å². The third-order valence-corrected chi connectivity index (χ3v) is 8.95. The van der Waals surface area contributed by atoms with Crippen LogP contribution in [0.5, 0.6) is 17.2 Å². The largest absolute Gasteiger partial charge is 1.00 e. The Kier molecular flexibility index (Phi) is 7.13. The maximum atomic E-state index is 13.5. The Bertz CT molecular complexity index is 1180. The van der Waals surface area contributed by atoms with Crippen molar-refractivity contribution < 1.29 is 52.4 Å². The summed E-state index contributed by atoms with van der Waals surface area (Å²) in [7, 11) is -4.25. The topological polar surface area (TPSA) is 83.8 Å². The van der Waals surface area contributed by atoms with Gasteiger partial charge in [-0.1, -0.05) is 18.2 Å². The molecule has 0 fully saturated rings. The van der Waals surface area contributed by atoms with E-state index in [-0.39, 0.29) is 46.8 Å². The van der Waals surface area contributed by atoms with Gasteiger partial charge in [0.25, 0.3) is 0 Å². The van der Waals surface area contributed by atoms with E-state index < -0.39 is 14.9 Å². The fourth-order valence-electron chi connectivity index (χ4n) is 3.45. The standard InChI is InChI=1S/C19H10Br4O5S.Na/c20-12-5-9(6-13(21)17(12)24)19(10-7-14(22)18(25)15(23)8-10)11-3-1-2-4-16(11)28-29(19,26)27;/h1-8,24-25H;/q;+1. The van der Waals surface area contributed by atoms with Crippen LogP contribution in [0.25, 0.3) is 0 Å². The van der Waals surface area contributed by atoms with Crippen LogP contribution in [0, 0.1) is 0 Å². The molecule has 1 heterocycles. The van der Waals surface area contributed by atoms with Crippen LogP contribution in [0.2, 0.25) is 0 Å². The van der Waals surface area contributed by atoms with Crippen LogP contribution >= 0.6 is 63.7 Å². The Morgan fingerprint density at radius 3 is 1.60 bits per heavy atom. The fraction of sp³-hybridized carbons (Fsp3) is 0.0526. The first-order valence-electron chi connectivity index (χ1n) is 8.00. The van der Waals surface area contributed by atoms with Crippen molar-refractivity contribution in [3.8, 4) is 17.2 Å². The third kappa shape index (κ3) is 3.61. The van der Waals surface area contributed by atoms with Crippen molar-refractivity contribution in [2.24, 2.45) is 0 Å². The summed E-state index contributed by atoms with van der Waals surface area (Å²) in [6.45, 7) is 0. The first kappa shape index (κ1) is 24.6. The van der Waals surface area contributed by atoms with Gasteiger partial charge in [0.1, 0.15) is 17.2 Å². The van der Waals surface area contributed by atoms with Crippen molar-refractivity contribution in [3.05, 3.63) is 83.1 Å².